The van der Waals surface area contributed by atoms with Crippen molar-refractivity contribution in [2.45, 2.75) is 37.5 Å². The lowest BCUT2D eigenvalue weighted by Crippen LogP contribution is -2.30. The fraction of sp³-hybridized carbons (Fsp3) is 0.375. The molecule has 2 aliphatic rings. The highest BCUT2D eigenvalue weighted by Crippen LogP contribution is 2.36. The van der Waals surface area contributed by atoms with Gasteiger partial charge in [0.05, 0.1) is 18.2 Å². The molecule has 21 heavy (non-hydrogen) atoms. The van der Waals surface area contributed by atoms with Gasteiger partial charge in [-0.05, 0) is 19.3 Å². The minimum atomic E-state index is 0.311. The number of nitrogens with zero attached hydrogens (tertiary/aromatic N) is 2. The van der Waals surface area contributed by atoms with E-state index in [1.807, 2.05) is 30.3 Å². The van der Waals surface area contributed by atoms with E-state index in [1.54, 1.807) is 6.07 Å². The van der Waals surface area contributed by atoms with Gasteiger partial charge in [0.25, 0.3) is 0 Å². The highest BCUT2D eigenvalue weighted by atomic mass is 16.5. The number of hydrogen-bond acceptors (Lipinski definition) is 5. The second-order valence-corrected chi connectivity index (χ2v) is 5.73. The van der Waals surface area contributed by atoms with Crippen LogP contribution in [0.1, 0.15) is 19.3 Å². The first-order chi connectivity index (χ1) is 10.3. The van der Waals surface area contributed by atoms with Crippen molar-refractivity contribution in [2.24, 2.45) is 0 Å². The van der Waals surface area contributed by atoms with Crippen molar-refractivity contribution in [3.63, 3.8) is 0 Å². The van der Waals surface area contributed by atoms with Crippen molar-refractivity contribution in [3.05, 3.63) is 36.4 Å². The van der Waals surface area contributed by atoms with E-state index in [9.17, 15) is 0 Å². The zero-order valence-corrected chi connectivity index (χ0v) is 11.7. The summed E-state index contributed by atoms with van der Waals surface area (Å²) in [5.74, 6) is 1.92. The van der Waals surface area contributed by atoms with Crippen LogP contribution in [0.3, 0.4) is 0 Å². The van der Waals surface area contributed by atoms with Gasteiger partial charge < -0.3 is 15.8 Å². The average molecular weight is 282 g/mol. The number of ether oxygens (including phenoxy) is 1. The largest absolute Gasteiger partial charge is 0.384 e. The van der Waals surface area contributed by atoms with Crippen molar-refractivity contribution in [1.82, 2.24) is 9.97 Å². The van der Waals surface area contributed by atoms with E-state index in [1.165, 1.54) is 6.42 Å². The maximum atomic E-state index is 5.92. The lowest BCUT2D eigenvalue weighted by molar-refractivity contribution is 0.102. The molecule has 3 N–H and O–H groups in total. The van der Waals surface area contributed by atoms with Gasteiger partial charge in [-0.3, -0.25) is 0 Å². The topological polar surface area (TPSA) is 73.1 Å². The highest BCUT2D eigenvalue weighted by Gasteiger charge is 2.40. The quantitative estimate of drug-likeness (QED) is 0.904. The number of hydrogen-bond donors (Lipinski definition) is 2. The third kappa shape index (κ3) is 2.45. The fourth-order valence-electron chi connectivity index (χ4n) is 3.24. The first-order valence-corrected chi connectivity index (χ1v) is 7.40. The van der Waals surface area contributed by atoms with Gasteiger partial charge in [-0.2, -0.15) is 0 Å². The maximum Gasteiger partial charge on any atom is 0.163 e. The Bertz CT molecular complexity index is 646. The second kappa shape index (κ2) is 5.00. The Kier molecular flexibility index (Phi) is 3.00. The molecule has 2 bridgehead atoms. The maximum absolute atomic E-state index is 5.92. The summed E-state index contributed by atoms with van der Waals surface area (Å²) in [5, 5.41) is 3.47. The first kappa shape index (κ1) is 12.6. The zero-order chi connectivity index (χ0) is 14.2. The molecule has 2 aliphatic heterocycles. The Hall–Kier alpha value is -2.14. The van der Waals surface area contributed by atoms with Crippen LogP contribution in [-0.2, 0) is 4.74 Å². The third-order valence-electron chi connectivity index (χ3n) is 4.22. The van der Waals surface area contributed by atoms with E-state index >= 15 is 0 Å². The first-order valence-electron chi connectivity index (χ1n) is 7.40. The number of nitrogens with one attached hydrogen (secondary N) is 1. The van der Waals surface area contributed by atoms with Crippen LogP contribution in [0, 0.1) is 0 Å². The molecule has 0 radical (unpaired) electrons. The Balaban J connectivity index is 1.59. The summed E-state index contributed by atoms with van der Waals surface area (Å²) >= 11 is 0. The minimum Gasteiger partial charge on any atom is -0.384 e. The number of nitrogen functional groups attached to an aromatic ring is 1. The molecule has 0 amide bonds. The monoisotopic (exact) mass is 282 g/mol. The molecule has 1 aromatic heterocycles. The van der Waals surface area contributed by atoms with Crippen LogP contribution in [0.15, 0.2) is 36.4 Å². The van der Waals surface area contributed by atoms with Gasteiger partial charge in [-0.25, -0.2) is 9.97 Å². The van der Waals surface area contributed by atoms with Crippen molar-refractivity contribution in [2.75, 3.05) is 11.1 Å². The van der Waals surface area contributed by atoms with Gasteiger partial charge >= 0.3 is 0 Å². The molecule has 3 heterocycles. The summed E-state index contributed by atoms with van der Waals surface area (Å²) in [6.07, 6.45) is 4.10. The van der Waals surface area contributed by atoms with Crippen LogP contribution in [0.2, 0.25) is 0 Å². The van der Waals surface area contributed by atoms with Gasteiger partial charge in [0, 0.05) is 11.6 Å². The number of rotatable bonds is 3. The molecular formula is C16H18N4O. The number of anilines is 2. The zero-order valence-electron chi connectivity index (χ0n) is 11.7. The normalized spacial score (nSPS) is 27.0. The second-order valence-electron chi connectivity index (χ2n) is 5.73. The van der Waals surface area contributed by atoms with Crippen molar-refractivity contribution >= 4 is 11.6 Å². The predicted octanol–water partition coefficient (Wildman–Crippen LogP) is 2.46. The van der Waals surface area contributed by atoms with Gasteiger partial charge in [0.15, 0.2) is 5.82 Å². The molecular weight excluding hydrogens is 264 g/mol. The summed E-state index contributed by atoms with van der Waals surface area (Å²) in [4.78, 5) is 8.92. The fourth-order valence-corrected chi connectivity index (χ4v) is 3.24. The molecule has 2 fully saturated rings. The van der Waals surface area contributed by atoms with Crippen molar-refractivity contribution in [1.29, 1.82) is 0 Å². The summed E-state index contributed by atoms with van der Waals surface area (Å²) in [7, 11) is 0. The van der Waals surface area contributed by atoms with E-state index in [-0.39, 0.29) is 0 Å². The van der Waals surface area contributed by atoms with E-state index in [0.717, 1.165) is 24.2 Å². The molecule has 3 atom stereocenters. The van der Waals surface area contributed by atoms with Crippen molar-refractivity contribution in [3.8, 4) is 11.4 Å². The molecule has 0 saturated carbocycles. The summed E-state index contributed by atoms with van der Waals surface area (Å²) in [5.41, 5.74) is 6.89. The molecule has 3 unspecified atom stereocenters. The summed E-state index contributed by atoms with van der Waals surface area (Å²) in [6, 6.07) is 12.0. The Labute approximate surface area is 123 Å². The van der Waals surface area contributed by atoms with E-state index in [0.29, 0.717) is 29.9 Å². The SMILES string of the molecule is Nc1cc(NC2CC3CCC2O3)nc(-c2ccccc2)n1. The summed E-state index contributed by atoms with van der Waals surface area (Å²) < 4.78 is 5.87. The Morgan fingerprint density at radius 1 is 1.14 bits per heavy atom. The molecule has 5 heteroatoms. The standard InChI is InChI=1S/C16H18N4O/c17-14-9-15(18-12-8-11-6-7-13(12)21-11)20-16(19-14)10-4-2-1-3-5-10/h1-5,9,11-13H,6-8H2,(H3,17,18,19,20). The molecule has 0 spiro atoms. The van der Waals surface area contributed by atoms with Crippen LogP contribution < -0.4 is 11.1 Å². The lowest BCUT2D eigenvalue weighted by atomic mass is 9.95. The van der Waals surface area contributed by atoms with Crippen LogP contribution in [-0.4, -0.2) is 28.2 Å². The van der Waals surface area contributed by atoms with Crippen LogP contribution >= 0.6 is 0 Å². The summed E-state index contributed by atoms with van der Waals surface area (Å²) in [6.45, 7) is 0. The number of benzene rings is 1. The number of aromatic nitrogens is 2. The Morgan fingerprint density at radius 3 is 2.71 bits per heavy atom. The van der Waals surface area contributed by atoms with E-state index < -0.39 is 0 Å². The molecule has 2 saturated heterocycles. The van der Waals surface area contributed by atoms with Gasteiger partial charge in [-0.1, -0.05) is 30.3 Å². The number of fused-ring (bicyclic) bond motifs is 2. The molecule has 5 nitrogen and oxygen atoms in total. The average Bonchev–Trinajstić information content (AvgIpc) is 3.10. The van der Waals surface area contributed by atoms with Gasteiger partial charge in [-0.15, -0.1) is 0 Å². The molecule has 4 rings (SSSR count). The third-order valence-corrected chi connectivity index (χ3v) is 4.22. The van der Waals surface area contributed by atoms with Gasteiger partial charge in [0.2, 0.25) is 0 Å². The lowest BCUT2D eigenvalue weighted by Gasteiger charge is -2.21. The molecule has 108 valence electrons. The van der Waals surface area contributed by atoms with Crippen LogP contribution in [0.5, 0.6) is 0 Å². The van der Waals surface area contributed by atoms with E-state index in [4.69, 9.17) is 10.5 Å². The van der Waals surface area contributed by atoms with Crippen molar-refractivity contribution < 1.29 is 4.74 Å². The molecule has 1 aromatic carbocycles. The minimum absolute atomic E-state index is 0.311. The number of nitrogens with two attached hydrogens (primary N) is 1. The van der Waals surface area contributed by atoms with Crippen LogP contribution in [0.4, 0.5) is 11.6 Å². The molecule has 0 aliphatic carbocycles. The van der Waals surface area contributed by atoms with Gasteiger partial charge in [0.1, 0.15) is 11.6 Å². The molecule has 2 aromatic rings. The Morgan fingerprint density at radius 2 is 2.00 bits per heavy atom. The van der Waals surface area contributed by atoms with Crippen LogP contribution in [0.25, 0.3) is 11.4 Å². The smallest absolute Gasteiger partial charge is 0.163 e. The highest BCUT2D eigenvalue weighted by molar-refractivity contribution is 5.60. The van der Waals surface area contributed by atoms with E-state index in [2.05, 4.69) is 15.3 Å². The predicted molar refractivity (Wildman–Crippen MR) is 81.8 cm³/mol.